The van der Waals surface area contributed by atoms with E-state index in [9.17, 15) is 31.1 Å². The number of aromatic nitrogens is 2. The second-order valence-corrected chi connectivity index (χ2v) is 6.52. The van der Waals surface area contributed by atoms with Crippen LogP contribution in [-0.2, 0) is 11.0 Å². The van der Waals surface area contributed by atoms with E-state index in [1.165, 1.54) is 12.4 Å². The molecule has 1 fully saturated rings. The molecule has 0 radical (unpaired) electrons. The summed E-state index contributed by atoms with van der Waals surface area (Å²) in [5.74, 6) is -2.24. The van der Waals surface area contributed by atoms with Crippen molar-refractivity contribution in [3.8, 4) is 11.3 Å². The van der Waals surface area contributed by atoms with Gasteiger partial charge in [-0.15, -0.1) is 0 Å². The van der Waals surface area contributed by atoms with Crippen LogP contribution in [0, 0.1) is 5.82 Å². The monoisotopic (exact) mass is 418 g/mol. The van der Waals surface area contributed by atoms with E-state index < -0.39 is 29.9 Å². The number of alkyl halides is 5. The van der Waals surface area contributed by atoms with Crippen LogP contribution in [0.25, 0.3) is 11.3 Å². The lowest BCUT2D eigenvalue weighted by Gasteiger charge is -2.33. The molecule has 3 rings (SSSR count). The maximum Gasteiger partial charge on any atom is 0.419 e. The van der Waals surface area contributed by atoms with Gasteiger partial charge in [0.2, 0.25) is 0 Å². The smallest absolute Gasteiger partial charge is 0.356 e. The van der Waals surface area contributed by atoms with Crippen LogP contribution in [0.15, 0.2) is 30.6 Å². The van der Waals surface area contributed by atoms with E-state index in [4.69, 9.17) is 0 Å². The number of halogens is 6. The van der Waals surface area contributed by atoms with Crippen molar-refractivity contribution < 1.29 is 31.1 Å². The Morgan fingerprint density at radius 2 is 1.83 bits per heavy atom. The van der Waals surface area contributed by atoms with Crippen LogP contribution in [0.1, 0.15) is 18.4 Å². The average Bonchev–Trinajstić information content (AvgIpc) is 2.67. The number of rotatable bonds is 4. The lowest BCUT2D eigenvalue weighted by molar-refractivity contribution is -0.140. The summed E-state index contributed by atoms with van der Waals surface area (Å²) < 4.78 is 76.6. The largest absolute Gasteiger partial charge is 0.419 e. The number of piperidine rings is 1. The lowest BCUT2D eigenvalue weighted by Crippen LogP contribution is -2.46. The summed E-state index contributed by atoms with van der Waals surface area (Å²) in [6.07, 6.45) is -5.80. The number of benzene rings is 1. The minimum absolute atomic E-state index is 0.165. The summed E-state index contributed by atoms with van der Waals surface area (Å²) in [7, 11) is 0. The highest BCUT2D eigenvalue weighted by atomic mass is 19.4. The Labute approximate surface area is 161 Å². The number of nitrogens with one attached hydrogen (secondary N) is 1. The Hall–Kier alpha value is -2.85. The SMILES string of the molecule is O=C(NC1CCN(c2cc(-c3ccc(C(F)(F)F)c(F)c3)ncn2)CC1)C(F)F. The van der Waals surface area contributed by atoms with Gasteiger partial charge in [0.05, 0.1) is 11.3 Å². The third-order valence-corrected chi connectivity index (χ3v) is 4.59. The highest BCUT2D eigenvalue weighted by molar-refractivity contribution is 5.79. The Balaban J connectivity index is 1.71. The van der Waals surface area contributed by atoms with Gasteiger partial charge < -0.3 is 10.2 Å². The van der Waals surface area contributed by atoms with E-state index >= 15 is 0 Å². The summed E-state index contributed by atoms with van der Waals surface area (Å²) in [6, 6.07) is 3.69. The van der Waals surface area contributed by atoms with Crippen molar-refractivity contribution in [2.45, 2.75) is 31.5 Å². The zero-order chi connectivity index (χ0) is 21.2. The van der Waals surface area contributed by atoms with Gasteiger partial charge >= 0.3 is 12.6 Å². The van der Waals surface area contributed by atoms with Crippen molar-refractivity contribution in [3.05, 3.63) is 42.0 Å². The average molecular weight is 418 g/mol. The Morgan fingerprint density at radius 3 is 2.41 bits per heavy atom. The van der Waals surface area contributed by atoms with Crippen LogP contribution in [0.4, 0.5) is 32.2 Å². The molecule has 0 atom stereocenters. The van der Waals surface area contributed by atoms with Crippen molar-refractivity contribution in [1.29, 1.82) is 0 Å². The van der Waals surface area contributed by atoms with E-state index in [0.717, 1.165) is 12.1 Å². The summed E-state index contributed by atoms with van der Waals surface area (Å²) in [6.45, 7) is 0.845. The van der Waals surface area contributed by atoms with Gasteiger partial charge in [-0.2, -0.15) is 22.0 Å². The molecule has 1 aromatic heterocycles. The van der Waals surface area contributed by atoms with Gasteiger partial charge in [-0.3, -0.25) is 4.79 Å². The minimum atomic E-state index is -4.79. The van der Waals surface area contributed by atoms with Crippen LogP contribution in [0.2, 0.25) is 0 Å². The van der Waals surface area contributed by atoms with E-state index in [0.29, 0.717) is 37.8 Å². The molecule has 0 saturated carbocycles. The van der Waals surface area contributed by atoms with Crippen molar-refractivity contribution in [1.82, 2.24) is 15.3 Å². The van der Waals surface area contributed by atoms with Gasteiger partial charge in [0.1, 0.15) is 18.0 Å². The molecule has 2 heterocycles. The molecule has 0 bridgehead atoms. The molecule has 1 saturated heterocycles. The standard InChI is InChI=1S/C18H16F6N4O/c19-13-7-10(1-2-12(13)18(22,23)24)14-8-15(26-9-25-14)28-5-3-11(4-6-28)27-17(29)16(20)21/h1-2,7-9,11,16H,3-6H2,(H,27,29). The zero-order valence-corrected chi connectivity index (χ0v) is 14.9. The van der Waals surface area contributed by atoms with Crippen LogP contribution in [0.5, 0.6) is 0 Å². The van der Waals surface area contributed by atoms with Gasteiger partial charge in [0, 0.05) is 30.8 Å². The maximum absolute atomic E-state index is 13.8. The molecule has 5 nitrogen and oxygen atoms in total. The number of hydrogen-bond donors (Lipinski definition) is 1. The summed E-state index contributed by atoms with van der Waals surface area (Å²) >= 11 is 0. The molecule has 156 valence electrons. The first-order valence-corrected chi connectivity index (χ1v) is 8.68. The van der Waals surface area contributed by atoms with E-state index in [1.807, 2.05) is 4.90 Å². The summed E-state index contributed by atoms with van der Waals surface area (Å²) in [4.78, 5) is 21.0. The first-order valence-electron chi connectivity index (χ1n) is 8.68. The highest BCUT2D eigenvalue weighted by Gasteiger charge is 2.34. The Kier molecular flexibility index (Phi) is 5.94. The summed E-state index contributed by atoms with van der Waals surface area (Å²) in [5, 5.41) is 2.27. The predicted octanol–water partition coefficient (Wildman–Crippen LogP) is 3.65. The molecular weight excluding hydrogens is 402 g/mol. The molecule has 0 unspecified atom stereocenters. The normalized spacial score (nSPS) is 15.6. The van der Waals surface area contributed by atoms with E-state index in [2.05, 4.69) is 15.3 Å². The molecule has 1 N–H and O–H groups in total. The van der Waals surface area contributed by atoms with Crippen molar-refractivity contribution in [2.75, 3.05) is 18.0 Å². The molecule has 0 aliphatic carbocycles. The molecule has 1 amide bonds. The van der Waals surface area contributed by atoms with E-state index in [1.54, 1.807) is 0 Å². The third kappa shape index (κ3) is 4.96. The first-order chi connectivity index (χ1) is 13.6. The molecule has 1 aliphatic heterocycles. The van der Waals surface area contributed by atoms with Crippen LogP contribution >= 0.6 is 0 Å². The number of carbonyl (C=O) groups excluding carboxylic acids is 1. The van der Waals surface area contributed by atoms with Crippen molar-refractivity contribution in [3.63, 3.8) is 0 Å². The number of nitrogens with zero attached hydrogens (tertiary/aromatic N) is 3. The fourth-order valence-corrected chi connectivity index (χ4v) is 3.10. The fraction of sp³-hybridized carbons (Fsp3) is 0.389. The van der Waals surface area contributed by atoms with Crippen LogP contribution in [0.3, 0.4) is 0 Å². The second kappa shape index (κ2) is 8.26. The third-order valence-electron chi connectivity index (χ3n) is 4.59. The first kappa shape index (κ1) is 20.9. The van der Waals surface area contributed by atoms with Gasteiger partial charge in [-0.05, 0) is 25.0 Å². The quantitative estimate of drug-likeness (QED) is 0.771. The fourth-order valence-electron chi connectivity index (χ4n) is 3.10. The summed E-state index contributed by atoms with van der Waals surface area (Å²) in [5.41, 5.74) is -0.947. The highest BCUT2D eigenvalue weighted by Crippen LogP contribution is 2.33. The van der Waals surface area contributed by atoms with Gasteiger partial charge in [-0.1, -0.05) is 6.07 Å². The van der Waals surface area contributed by atoms with Crippen LogP contribution in [-0.4, -0.2) is 41.4 Å². The number of carbonyl (C=O) groups is 1. The molecule has 0 spiro atoms. The molecule has 11 heteroatoms. The molecule has 1 aromatic carbocycles. The number of amides is 1. The van der Waals surface area contributed by atoms with Gasteiger partial charge in [-0.25, -0.2) is 14.4 Å². The molecule has 29 heavy (non-hydrogen) atoms. The second-order valence-electron chi connectivity index (χ2n) is 6.52. The van der Waals surface area contributed by atoms with Crippen molar-refractivity contribution in [2.24, 2.45) is 0 Å². The zero-order valence-electron chi connectivity index (χ0n) is 14.9. The number of anilines is 1. The molecule has 1 aliphatic rings. The van der Waals surface area contributed by atoms with Crippen molar-refractivity contribution >= 4 is 11.7 Å². The molecular formula is C18H16F6N4O. The Morgan fingerprint density at radius 1 is 1.14 bits per heavy atom. The van der Waals surface area contributed by atoms with Gasteiger partial charge in [0.25, 0.3) is 5.91 Å². The maximum atomic E-state index is 13.8. The van der Waals surface area contributed by atoms with Crippen LogP contribution < -0.4 is 10.2 Å². The van der Waals surface area contributed by atoms with Gasteiger partial charge in [0.15, 0.2) is 0 Å². The number of hydrogen-bond acceptors (Lipinski definition) is 4. The lowest BCUT2D eigenvalue weighted by atomic mass is 10.0. The minimum Gasteiger partial charge on any atom is -0.356 e. The predicted molar refractivity (Wildman–Crippen MR) is 91.8 cm³/mol. The Bertz CT molecular complexity index is 881. The topological polar surface area (TPSA) is 58.1 Å². The molecule has 2 aromatic rings. The van der Waals surface area contributed by atoms with E-state index in [-0.39, 0.29) is 17.3 Å².